The monoisotopic (exact) mass is 194 g/mol. The molecule has 0 saturated carbocycles. The molecule has 0 amide bonds. The number of carboxylic acid groups (broad SMARTS) is 1. The quantitative estimate of drug-likeness (QED) is 0.741. The average Bonchev–Trinajstić information content (AvgIpc) is 2.42. The summed E-state index contributed by atoms with van der Waals surface area (Å²) in [4.78, 5) is 15.3. The molecule has 0 spiro atoms. The van der Waals surface area contributed by atoms with Crippen LogP contribution in [-0.4, -0.2) is 20.6 Å². The Morgan fingerprint density at radius 3 is 3.00 bits per heavy atom. The van der Waals surface area contributed by atoms with Gasteiger partial charge in [0.2, 0.25) is 0 Å². The van der Waals surface area contributed by atoms with Crippen LogP contribution in [0.25, 0.3) is 0 Å². The fourth-order valence-electron chi connectivity index (χ4n) is 2.15. The normalized spacial score (nSPS) is 20.6. The number of fused-ring (bicyclic) bond motifs is 1. The van der Waals surface area contributed by atoms with E-state index in [0.717, 1.165) is 25.2 Å². The van der Waals surface area contributed by atoms with Gasteiger partial charge in [-0.1, -0.05) is 6.92 Å². The van der Waals surface area contributed by atoms with Gasteiger partial charge in [-0.05, 0) is 19.8 Å². The molecule has 1 atom stereocenters. The molecular weight excluding hydrogens is 180 g/mol. The molecule has 1 aromatic rings. The summed E-state index contributed by atoms with van der Waals surface area (Å²) in [5.74, 6) is 0.456. The van der Waals surface area contributed by atoms with Crippen LogP contribution in [0.15, 0.2) is 0 Å². The first-order valence-corrected chi connectivity index (χ1v) is 4.91. The summed E-state index contributed by atoms with van der Waals surface area (Å²) in [7, 11) is 0. The molecule has 4 heteroatoms. The van der Waals surface area contributed by atoms with Crippen LogP contribution in [0, 0.1) is 6.92 Å². The van der Waals surface area contributed by atoms with Crippen molar-refractivity contribution in [1.82, 2.24) is 9.55 Å². The van der Waals surface area contributed by atoms with E-state index in [2.05, 4.69) is 11.9 Å². The molecule has 0 fully saturated rings. The third-order valence-electron chi connectivity index (χ3n) is 2.83. The van der Waals surface area contributed by atoms with Crippen LogP contribution < -0.4 is 0 Å². The van der Waals surface area contributed by atoms with E-state index in [-0.39, 0.29) is 0 Å². The topological polar surface area (TPSA) is 55.1 Å². The molecule has 1 N–H and O–H groups in total. The van der Waals surface area contributed by atoms with Gasteiger partial charge in [0.15, 0.2) is 0 Å². The Bertz CT molecular complexity index is 382. The number of aromatic nitrogens is 2. The number of imidazole rings is 1. The third-order valence-corrected chi connectivity index (χ3v) is 2.83. The first-order valence-electron chi connectivity index (χ1n) is 4.91. The minimum atomic E-state index is -0.865. The predicted octanol–water partition coefficient (Wildman–Crippen LogP) is 1.79. The summed E-state index contributed by atoms with van der Waals surface area (Å²) < 4.78 is 1.85. The van der Waals surface area contributed by atoms with Gasteiger partial charge in [0.25, 0.3) is 0 Å². The highest BCUT2D eigenvalue weighted by atomic mass is 16.4. The maximum Gasteiger partial charge on any atom is 0.354 e. The SMILES string of the molecule is Cc1nc2n(c1C(=O)O)CCCC2C. The Morgan fingerprint density at radius 1 is 1.64 bits per heavy atom. The van der Waals surface area contributed by atoms with E-state index in [1.165, 1.54) is 0 Å². The molecular formula is C10H14N2O2. The summed E-state index contributed by atoms with van der Waals surface area (Å²) in [6.45, 7) is 4.66. The maximum atomic E-state index is 11.0. The van der Waals surface area contributed by atoms with E-state index in [0.29, 0.717) is 17.3 Å². The number of nitrogens with zero attached hydrogens (tertiary/aromatic N) is 2. The summed E-state index contributed by atoms with van der Waals surface area (Å²) >= 11 is 0. The number of hydrogen-bond acceptors (Lipinski definition) is 2. The molecule has 1 aromatic heterocycles. The van der Waals surface area contributed by atoms with E-state index in [4.69, 9.17) is 5.11 Å². The number of aryl methyl sites for hydroxylation is 1. The Balaban J connectivity index is 2.57. The highest BCUT2D eigenvalue weighted by Crippen LogP contribution is 2.28. The Kier molecular flexibility index (Phi) is 2.06. The number of hydrogen-bond donors (Lipinski definition) is 1. The van der Waals surface area contributed by atoms with Crippen molar-refractivity contribution in [2.45, 2.75) is 39.2 Å². The molecule has 14 heavy (non-hydrogen) atoms. The molecule has 1 aliphatic heterocycles. The van der Waals surface area contributed by atoms with Gasteiger partial charge in [0, 0.05) is 12.5 Å². The van der Waals surface area contributed by atoms with Crippen LogP contribution in [0.5, 0.6) is 0 Å². The van der Waals surface area contributed by atoms with Crippen molar-refractivity contribution in [1.29, 1.82) is 0 Å². The number of carbonyl (C=O) groups is 1. The molecule has 0 aromatic carbocycles. The van der Waals surface area contributed by atoms with Crippen LogP contribution in [0.4, 0.5) is 0 Å². The summed E-state index contributed by atoms with van der Waals surface area (Å²) in [5.41, 5.74) is 1.01. The largest absolute Gasteiger partial charge is 0.477 e. The zero-order chi connectivity index (χ0) is 10.3. The second kappa shape index (κ2) is 3.12. The fraction of sp³-hybridized carbons (Fsp3) is 0.600. The molecule has 4 nitrogen and oxygen atoms in total. The molecule has 1 aliphatic rings. The predicted molar refractivity (Wildman–Crippen MR) is 51.6 cm³/mol. The van der Waals surface area contributed by atoms with Gasteiger partial charge < -0.3 is 9.67 Å². The summed E-state index contributed by atoms with van der Waals surface area (Å²) in [6, 6.07) is 0. The first kappa shape index (κ1) is 9.24. The maximum absolute atomic E-state index is 11.0. The van der Waals surface area contributed by atoms with Gasteiger partial charge in [-0.25, -0.2) is 9.78 Å². The van der Waals surface area contributed by atoms with Crippen LogP contribution in [-0.2, 0) is 6.54 Å². The van der Waals surface area contributed by atoms with Crippen molar-refractivity contribution < 1.29 is 9.90 Å². The van der Waals surface area contributed by atoms with Gasteiger partial charge in [-0.3, -0.25) is 0 Å². The Labute approximate surface area is 82.6 Å². The van der Waals surface area contributed by atoms with Crippen LogP contribution >= 0.6 is 0 Å². The first-order chi connectivity index (χ1) is 6.61. The standard InChI is InChI=1S/C10H14N2O2/c1-6-4-3-5-12-8(10(13)14)7(2)11-9(6)12/h6H,3-5H2,1-2H3,(H,13,14). The fourth-order valence-corrected chi connectivity index (χ4v) is 2.15. The van der Waals surface area contributed by atoms with E-state index in [1.807, 2.05) is 4.57 Å². The highest BCUT2D eigenvalue weighted by molar-refractivity contribution is 5.87. The van der Waals surface area contributed by atoms with Gasteiger partial charge in [0.05, 0.1) is 5.69 Å². The lowest BCUT2D eigenvalue weighted by atomic mass is 10.0. The average molecular weight is 194 g/mol. The van der Waals surface area contributed by atoms with E-state index < -0.39 is 5.97 Å². The lowest BCUT2D eigenvalue weighted by molar-refractivity contribution is 0.0682. The Hall–Kier alpha value is -1.32. The van der Waals surface area contributed by atoms with Crippen LogP contribution in [0.3, 0.4) is 0 Å². The van der Waals surface area contributed by atoms with Crippen molar-refractivity contribution in [3.8, 4) is 0 Å². The molecule has 0 saturated heterocycles. The third kappa shape index (κ3) is 1.22. The molecule has 1 unspecified atom stereocenters. The minimum absolute atomic E-state index is 0.367. The van der Waals surface area contributed by atoms with Gasteiger partial charge in [0.1, 0.15) is 11.5 Å². The van der Waals surface area contributed by atoms with Crippen LogP contribution in [0.1, 0.15) is 47.7 Å². The van der Waals surface area contributed by atoms with Crippen molar-refractivity contribution in [3.63, 3.8) is 0 Å². The number of aromatic carboxylic acids is 1. The smallest absolute Gasteiger partial charge is 0.354 e. The zero-order valence-electron chi connectivity index (χ0n) is 8.45. The second-order valence-corrected chi connectivity index (χ2v) is 3.90. The molecule has 2 heterocycles. The van der Waals surface area contributed by atoms with E-state index in [1.54, 1.807) is 6.92 Å². The zero-order valence-corrected chi connectivity index (χ0v) is 8.45. The summed E-state index contributed by atoms with van der Waals surface area (Å²) in [5, 5.41) is 9.04. The van der Waals surface area contributed by atoms with Crippen molar-refractivity contribution in [2.24, 2.45) is 0 Å². The van der Waals surface area contributed by atoms with Crippen molar-refractivity contribution >= 4 is 5.97 Å². The number of rotatable bonds is 1. The second-order valence-electron chi connectivity index (χ2n) is 3.90. The van der Waals surface area contributed by atoms with Gasteiger partial charge in [-0.2, -0.15) is 0 Å². The minimum Gasteiger partial charge on any atom is -0.477 e. The number of carboxylic acids is 1. The molecule has 0 radical (unpaired) electrons. The van der Waals surface area contributed by atoms with Crippen LogP contribution in [0.2, 0.25) is 0 Å². The van der Waals surface area contributed by atoms with Crippen molar-refractivity contribution in [2.75, 3.05) is 0 Å². The Morgan fingerprint density at radius 2 is 2.36 bits per heavy atom. The summed E-state index contributed by atoms with van der Waals surface area (Å²) in [6.07, 6.45) is 2.15. The van der Waals surface area contributed by atoms with Gasteiger partial charge in [-0.15, -0.1) is 0 Å². The molecule has 76 valence electrons. The highest BCUT2D eigenvalue weighted by Gasteiger charge is 2.25. The molecule has 0 aliphatic carbocycles. The van der Waals surface area contributed by atoms with E-state index >= 15 is 0 Å². The molecule has 0 bridgehead atoms. The van der Waals surface area contributed by atoms with E-state index in [9.17, 15) is 4.79 Å². The van der Waals surface area contributed by atoms with Gasteiger partial charge >= 0.3 is 5.97 Å². The molecule has 2 rings (SSSR count). The lowest BCUT2D eigenvalue weighted by Gasteiger charge is -2.20. The lowest BCUT2D eigenvalue weighted by Crippen LogP contribution is -2.18. The van der Waals surface area contributed by atoms with Crippen molar-refractivity contribution in [3.05, 3.63) is 17.2 Å².